The zero-order chi connectivity index (χ0) is 21.0. The highest BCUT2D eigenvalue weighted by Crippen LogP contribution is 2.83. The quantitative estimate of drug-likeness (QED) is 0.132. The molecule has 1 saturated heterocycles. The first-order valence-corrected chi connectivity index (χ1v) is 11.1. The summed E-state index contributed by atoms with van der Waals surface area (Å²) in [6, 6.07) is 0. The standard InChI is InChI=1S/C2H4N19O4P3/c3-7-11-26(12-8-4)15-27(13-9-5,14-10-6)17-28(16-26)18(20(22)23)1-2-19(28)21(24)25/h1-2H2. The Balaban J connectivity index is 3.21. The Morgan fingerprint density at radius 2 is 1.11 bits per heavy atom. The van der Waals surface area contributed by atoms with E-state index in [0.29, 0.717) is 0 Å². The maximum absolute atomic E-state index is 11.5. The molecule has 0 atom stereocenters. The Bertz CT molecular complexity index is 994. The van der Waals surface area contributed by atoms with E-state index in [1.165, 1.54) is 0 Å². The molecule has 2 heterocycles. The molecule has 0 unspecified atom stereocenters. The molecule has 26 heteroatoms. The molecule has 28 heavy (non-hydrogen) atoms. The van der Waals surface area contributed by atoms with Crippen LogP contribution in [0.3, 0.4) is 0 Å². The van der Waals surface area contributed by atoms with E-state index in [1.54, 1.807) is 0 Å². The molecule has 0 radical (unpaired) electrons. The van der Waals surface area contributed by atoms with Crippen LogP contribution < -0.4 is 0 Å². The molecule has 0 amide bonds. The summed E-state index contributed by atoms with van der Waals surface area (Å²) in [7, 11) is -13.3. The fraction of sp³-hybridized carbons (Fsp3) is 1.00. The normalized spacial score (nSPS) is 26.7. The van der Waals surface area contributed by atoms with Crippen LogP contribution in [-0.2, 0) is 0 Å². The number of nitro groups is 2. The van der Waals surface area contributed by atoms with Gasteiger partial charge in [0.1, 0.15) is 13.1 Å². The van der Waals surface area contributed by atoms with Crippen molar-refractivity contribution in [2.24, 2.45) is 33.1 Å². The van der Waals surface area contributed by atoms with Crippen LogP contribution in [0.15, 0.2) is 33.1 Å². The summed E-state index contributed by atoms with van der Waals surface area (Å²) in [6.45, 7) is -1.12. The molecule has 0 bridgehead atoms. The van der Waals surface area contributed by atoms with Crippen LogP contribution in [-0.4, -0.2) is 32.7 Å². The summed E-state index contributed by atoms with van der Waals surface area (Å²) in [5, 5.41) is 20.8. The van der Waals surface area contributed by atoms with Crippen LogP contribution in [0.4, 0.5) is 0 Å². The first-order chi connectivity index (χ1) is 13.2. The highest BCUT2D eigenvalue weighted by atomic mass is 31.3. The average Bonchev–Trinajstić information content (AvgIpc) is 2.93. The highest BCUT2D eigenvalue weighted by Gasteiger charge is 2.58. The Morgan fingerprint density at radius 3 is 1.43 bits per heavy atom. The molecule has 1 fully saturated rings. The zero-order valence-electron chi connectivity index (χ0n) is 12.9. The SMILES string of the molecule is [N-]=[N+]=NP1(N=[N+]=[N-])=NP(N=[N+]=[N-])(N=[N+]=[N-])=NP2(=N1)N([N+](=O)[O-])CCN2[N+](=O)[O-]. The van der Waals surface area contributed by atoms with Crippen molar-refractivity contribution in [3.05, 3.63) is 62.0 Å². The van der Waals surface area contributed by atoms with Crippen LogP contribution >= 0.6 is 22.5 Å². The molecule has 2 rings (SSSR count). The van der Waals surface area contributed by atoms with Gasteiger partial charge in [-0.15, -0.1) is 0 Å². The van der Waals surface area contributed by atoms with Crippen molar-refractivity contribution >= 4 is 22.5 Å². The van der Waals surface area contributed by atoms with Crippen LogP contribution in [0.2, 0.25) is 0 Å². The predicted octanol–water partition coefficient (Wildman–Crippen LogP) is 5.08. The number of azide groups is 2. The smallest absolute Gasteiger partial charge is 0.234 e. The second-order valence-corrected chi connectivity index (χ2v) is 11.3. The number of rotatable bonds is 6. The second-order valence-electron chi connectivity index (χ2n) is 4.26. The van der Waals surface area contributed by atoms with Crippen molar-refractivity contribution in [3.8, 4) is 0 Å². The molecule has 23 nitrogen and oxygen atoms in total. The van der Waals surface area contributed by atoms with Gasteiger partial charge < -0.3 is 0 Å². The van der Waals surface area contributed by atoms with Gasteiger partial charge in [-0.1, -0.05) is 0 Å². The first-order valence-electron chi connectivity index (χ1n) is 6.26. The summed E-state index contributed by atoms with van der Waals surface area (Å²) in [6.07, 6.45) is 0. The van der Waals surface area contributed by atoms with Gasteiger partial charge in [0.05, 0.1) is 0 Å². The van der Waals surface area contributed by atoms with E-state index in [9.17, 15) is 20.2 Å². The zero-order valence-corrected chi connectivity index (χ0v) is 15.6. The number of hydrazine groups is 2. The third-order valence-electron chi connectivity index (χ3n) is 2.86. The lowest BCUT2D eigenvalue weighted by atomic mass is 10.7. The van der Waals surface area contributed by atoms with Crippen LogP contribution in [0.25, 0.3) is 41.8 Å². The van der Waals surface area contributed by atoms with Crippen LogP contribution in [0, 0.1) is 20.2 Å². The predicted molar refractivity (Wildman–Crippen MR) is 92.0 cm³/mol. The van der Waals surface area contributed by atoms with Gasteiger partial charge in [0, 0.05) is 19.6 Å². The molecular formula is C2H4N19O4P3. The topological polar surface area (TPSA) is 325 Å². The Labute approximate surface area is 151 Å². The molecule has 0 aliphatic carbocycles. The lowest BCUT2D eigenvalue weighted by Crippen LogP contribution is -2.26. The molecular weight excluding hydrogens is 447 g/mol. The van der Waals surface area contributed by atoms with E-state index in [2.05, 4.69) is 52.7 Å². The van der Waals surface area contributed by atoms with Crippen molar-refractivity contribution in [2.45, 2.75) is 0 Å². The van der Waals surface area contributed by atoms with E-state index in [1.807, 2.05) is 0 Å². The third-order valence-corrected chi connectivity index (χ3v) is 11.8. The molecule has 0 N–H and O–H groups in total. The second kappa shape index (κ2) is 7.52. The molecule has 0 aromatic carbocycles. The lowest BCUT2D eigenvalue weighted by molar-refractivity contribution is -0.626. The third kappa shape index (κ3) is 3.32. The summed E-state index contributed by atoms with van der Waals surface area (Å²) in [5.41, 5.74) is 35.2. The molecule has 1 spiro atoms. The fourth-order valence-corrected chi connectivity index (χ4v) is 11.8. The largest absolute Gasteiger partial charge is 0.376 e. The number of hydrogen-bond donors (Lipinski definition) is 0. The van der Waals surface area contributed by atoms with Crippen LogP contribution in [0.5, 0.6) is 0 Å². The van der Waals surface area contributed by atoms with E-state index in [4.69, 9.17) is 22.1 Å². The van der Waals surface area contributed by atoms with Crippen molar-refractivity contribution < 1.29 is 10.1 Å². The maximum Gasteiger partial charge on any atom is 0.376 e. The Kier molecular flexibility index (Phi) is 5.54. The van der Waals surface area contributed by atoms with Gasteiger partial charge in [-0.2, -0.15) is 9.03 Å². The van der Waals surface area contributed by atoms with Gasteiger partial charge >= 0.3 is 7.51 Å². The summed E-state index contributed by atoms with van der Waals surface area (Å²) >= 11 is 0. The molecule has 146 valence electrons. The van der Waals surface area contributed by atoms with Gasteiger partial charge in [-0.05, 0) is 51.2 Å². The van der Waals surface area contributed by atoms with Crippen molar-refractivity contribution in [1.82, 2.24) is 9.56 Å². The van der Waals surface area contributed by atoms with Gasteiger partial charge in [0.25, 0.3) is 15.0 Å². The van der Waals surface area contributed by atoms with Gasteiger partial charge in [-0.3, -0.25) is 0 Å². The fourth-order valence-electron chi connectivity index (χ4n) is 2.04. The Morgan fingerprint density at radius 1 is 0.750 bits per heavy atom. The average molecular weight is 451 g/mol. The van der Waals surface area contributed by atoms with Crippen molar-refractivity contribution in [1.29, 1.82) is 0 Å². The summed E-state index contributed by atoms with van der Waals surface area (Å²) < 4.78 is 11.7. The molecule has 0 aromatic heterocycles. The molecule has 2 aliphatic heterocycles. The number of hydrogen-bond acceptors (Lipinski definition) is 11. The maximum atomic E-state index is 11.5. The van der Waals surface area contributed by atoms with Crippen LogP contribution in [0.1, 0.15) is 0 Å². The van der Waals surface area contributed by atoms with Gasteiger partial charge in [0.15, 0.2) is 10.1 Å². The molecule has 2 aliphatic rings. The minimum absolute atomic E-state index is 0.257. The monoisotopic (exact) mass is 451 g/mol. The Hall–Kier alpha value is -3.67. The minimum Gasteiger partial charge on any atom is -0.234 e. The minimum atomic E-state index is -4.47. The van der Waals surface area contributed by atoms with Crippen molar-refractivity contribution in [3.63, 3.8) is 0 Å². The van der Waals surface area contributed by atoms with Gasteiger partial charge in [0.2, 0.25) is 0 Å². The van der Waals surface area contributed by atoms with Gasteiger partial charge in [-0.25, -0.2) is 24.7 Å². The van der Waals surface area contributed by atoms with Crippen molar-refractivity contribution in [2.75, 3.05) is 13.1 Å². The summed E-state index contributed by atoms with van der Waals surface area (Å²) in [5.74, 6) is 0. The van der Waals surface area contributed by atoms with E-state index in [0.717, 1.165) is 0 Å². The van der Waals surface area contributed by atoms with E-state index < -0.39 is 45.7 Å². The molecule has 0 aromatic rings. The number of nitrogens with zero attached hydrogens (tertiary/aromatic N) is 19. The lowest BCUT2D eigenvalue weighted by Gasteiger charge is -2.28. The summed E-state index contributed by atoms with van der Waals surface area (Å²) in [4.78, 5) is 45.1. The highest BCUT2D eigenvalue weighted by molar-refractivity contribution is 7.84. The first kappa shape index (κ1) is 20.6. The van der Waals surface area contributed by atoms with E-state index in [-0.39, 0.29) is 9.56 Å². The van der Waals surface area contributed by atoms with E-state index >= 15 is 0 Å². The molecule has 0 saturated carbocycles.